The largest absolute Gasteiger partial charge is 0.478 e. The summed E-state index contributed by atoms with van der Waals surface area (Å²) >= 11 is 0. The third-order valence-corrected chi connectivity index (χ3v) is 3.14. The zero-order valence-electron chi connectivity index (χ0n) is 10.8. The number of benzene rings is 1. The van der Waals surface area contributed by atoms with Gasteiger partial charge in [0.25, 0.3) is 0 Å². The maximum Gasteiger partial charge on any atom is 0.328 e. The fraction of sp³-hybridized carbons (Fsp3) is 0.0667. The number of rotatable bonds is 3. The third-order valence-electron chi connectivity index (χ3n) is 3.14. The summed E-state index contributed by atoms with van der Waals surface area (Å²) in [7, 11) is 0. The van der Waals surface area contributed by atoms with Crippen LogP contribution in [0.25, 0.3) is 28.2 Å². The number of carbonyl (C=O) groups is 1. The van der Waals surface area contributed by atoms with Gasteiger partial charge in [0, 0.05) is 28.2 Å². The van der Waals surface area contributed by atoms with E-state index < -0.39 is 5.97 Å². The van der Waals surface area contributed by atoms with Crippen molar-refractivity contribution in [2.75, 3.05) is 0 Å². The highest BCUT2D eigenvalue weighted by atomic mass is 16.4. The summed E-state index contributed by atoms with van der Waals surface area (Å²) in [6.07, 6.45) is 4.21. The molecule has 0 aliphatic carbocycles. The minimum absolute atomic E-state index is 0.520. The second kappa shape index (κ2) is 4.70. The lowest BCUT2D eigenvalue weighted by Gasteiger charge is -1.97. The molecule has 5 heteroatoms. The Balaban J connectivity index is 2.07. The van der Waals surface area contributed by atoms with E-state index in [0.717, 1.165) is 33.9 Å². The van der Waals surface area contributed by atoms with E-state index in [1.807, 2.05) is 31.2 Å². The standard InChI is InChI=1S/C15H13N3O2/c1-9-15(10-4-2-3-5-11(10)17-9)12-8-16-13(18-12)6-7-14(19)20/h2-8,17H,1H3,(H,16,18)(H,19,20)/b7-6+. The number of H-pyrrole nitrogens is 2. The fourth-order valence-electron chi connectivity index (χ4n) is 2.32. The molecule has 0 bridgehead atoms. The van der Waals surface area contributed by atoms with Crippen LogP contribution in [0.3, 0.4) is 0 Å². The Hall–Kier alpha value is -2.82. The average Bonchev–Trinajstić information content (AvgIpc) is 2.99. The topological polar surface area (TPSA) is 81.8 Å². The molecule has 2 heterocycles. The first kappa shape index (κ1) is 12.2. The van der Waals surface area contributed by atoms with Crippen molar-refractivity contribution in [3.05, 3.63) is 48.1 Å². The monoisotopic (exact) mass is 267 g/mol. The van der Waals surface area contributed by atoms with Crippen LogP contribution < -0.4 is 0 Å². The molecule has 100 valence electrons. The molecule has 0 spiro atoms. The second-order valence-electron chi connectivity index (χ2n) is 4.52. The molecule has 3 aromatic rings. The number of hydrogen-bond acceptors (Lipinski definition) is 2. The van der Waals surface area contributed by atoms with Gasteiger partial charge < -0.3 is 15.1 Å². The molecule has 3 N–H and O–H groups in total. The van der Waals surface area contributed by atoms with Crippen molar-refractivity contribution in [3.63, 3.8) is 0 Å². The fourth-order valence-corrected chi connectivity index (χ4v) is 2.32. The maximum absolute atomic E-state index is 10.5. The number of carboxylic acid groups (broad SMARTS) is 1. The van der Waals surface area contributed by atoms with Crippen molar-refractivity contribution >= 4 is 22.9 Å². The normalized spacial score (nSPS) is 11.4. The van der Waals surface area contributed by atoms with Crippen molar-refractivity contribution in [2.24, 2.45) is 0 Å². The lowest BCUT2D eigenvalue weighted by Crippen LogP contribution is -1.86. The molecule has 0 radical (unpaired) electrons. The van der Waals surface area contributed by atoms with E-state index in [4.69, 9.17) is 5.11 Å². The molecular weight excluding hydrogens is 254 g/mol. The number of aliphatic carboxylic acids is 1. The van der Waals surface area contributed by atoms with Gasteiger partial charge in [-0.15, -0.1) is 0 Å². The number of aromatic nitrogens is 3. The molecule has 0 aliphatic heterocycles. The summed E-state index contributed by atoms with van der Waals surface area (Å²) in [4.78, 5) is 21.1. The number of nitrogens with zero attached hydrogens (tertiary/aromatic N) is 1. The molecule has 0 amide bonds. The zero-order chi connectivity index (χ0) is 14.1. The van der Waals surface area contributed by atoms with Crippen molar-refractivity contribution < 1.29 is 9.90 Å². The van der Waals surface area contributed by atoms with Crippen molar-refractivity contribution in [2.45, 2.75) is 6.92 Å². The molecule has 0 atom stereocenters. The molecule has 0 fully saturated rings. The number of fused-ring (bicyclic) bond motifs is 1. The van der Waals surface area contributed by atoms with Gasteiger partial charge in [0.15, 0.2) is 0 Å². The van der Waals surface area contributed by atoms with E-state index in [0.29, 0.717) is 5.82 Å². The number of carboxylic acids is 1. The van der Waals surface area contributed by atoms with Crippen LogP contribution in [0.1, 0.15) is 11.5 Å². The van der Waals surface area contributed by atoms with Crippen LogP contribution in [-0.2, 0) is 4.79 Å². The highest BCUT2D eigenvalue weighted by Crippen LogP contribution is 2.30. The lowest BCUT2D eigenvalue weighted by atomic mass is 10.1. The van der Waals surface area contributed by atoms with Crippen LogP contribution in [0, 0.1) is 6.92 Å². The highest BCUT2D eigenvalue weighted by molar-refractivity contribution is 5.96. The minimum atomic E-state index is -0.994. The average molecular weight is 267 g/mol. The highest BCUT2D eigenvalue weighted by Gasteiger charge is 2.11. The van der Waals surface area contributed by atoms with E-state index >= 15 is 0 Å². The molecule has 0 unspecified atom stereocenters. The van der Waals surface area contributed by atoms with Crippen LogP contribution in [0.2, 0.25) is 0 Å². The predicted octanol–water partition coefficient (Wildman–Crippen LogP) is 2.96. The van der Waals surface area contributed by atoms with Crippen molar-refractivity contribution in [3.8, 4) is 11.3 Å². The van der Waals surface area contributed by atoms with Gasteiger partial charge in [-0.3, -0.25) is 0 Å². The second-order valence-corrected chi connectivity index (χ2v) is 4.52. The van der Waals surface area contributed by atoms with Crippen LogP contribution in [0.15, 0.2) is 36.5 Å². The number of hydrogen-bond donors (Lipinski definition) is 3. The first-order chi connectivity index (χ1) is 9.65. The Morgan fingerprint density at radius 1 is 1.30 bits per heavy atom. The Morgan fingerprint density at radius 2 is 2.10 bits per heavy atom. The smallest absolute Gasteiger partial charge is 0.328 e. The van der Waals surface area contributed by atoms with Gasteiger partial charge in [0.05, 0.1) is 11.9 Å². The van der Waals surface area contributed by atoms with Gasteiger partial charge in [-0.05, 0) is 19.1 Å². The summed E-state index contributed by atoms with van der Waals surface area (Å²) in [6, 6.07) is 8.03. The summed E-state index contributed by atoms with van der Waals surface area (Å²) in [5.41, 5.74) is 4.04. The number of para-hydroxylation sites is 1. The van der Waals surface area contributed by atoms with Crippen LogP contribution in [-0.4, -0.2) is 26.0 Å². The summed E-state index contributed by atoms with van der Waals surface area (Å²) in [5.74, 6) is -0.474. The quantitative estimate of drug-likeness (QED) is 0.638. The number of nitrogens with one attached hydrogen (secondary N) is 2. The molecule has 0 saturated heterocycles. The van der Waals surface area contributed by atoms with E-state index in [1.165, 1.54) is 6.08 Å². The lowest BCUT2D eigenvalue weighted by molar-refractivity contribution is -0.131. The number of aryl methyl sites for hydroxylation is 1. The molecule has 2 aromatic heterocycles. The van der Waals surface area contributed by atoms with Crippen LogP contribution in [0.4, 0.5) is 0 Å². The molecule has 0 aliphatic rings. The first-order valence-electron chi connectivity index (χ1n) is 6.19. The van der Waals surface area contributed by atoms with Crippen LogP contribution in [0.5, 0.6) is 0 Å². The summed E-state index contributed by atoms with van der Waals surface area (Å²) < 4.78 is 0. The molecule has 20 heavy (non-hydrogen) atoms. The minimum Gasteiger partial charge on any atom is -0.478 e. The van der Waals surface area contributed by atoms with Gasteiger partial charge in [0.2, 0.25) is 0 Å². The van der Waals surface area contributed by atoms with E-state index in [1.54, 1.807) is 6.20 Å². The Kier molecular flexibility index (Phi) is 2.87. The molecule has 3 rings (SSSR count). The van der Waals surface area contributed by atoms with Crippen molar-refractivity contribution in [1.82, 2.24) is 15.0 Å². The number of aromatic amines is 2. The van der Waals surface area contributed by atoms with Gasteiger partial charge in [-0.1, -0.05) is 18.2 Å². The van der Waals surface area contributed by atoms with Crippen molar-refractivity contribution in [1.29, 1.82) is 0 Å². The van der Waals surface area contributed by atoms with Gasteiger partial charge in [-0.25, -0.2) is 9.78 Å². The zero-order valence-corrected chi connectivity index (χ0v) is 10.8. The van der Waals surface area contributed by atoms with Gasteiger partial charge in [0.1, 0.15) is 5.82 Å². The molecule has 0 saturated carbocycles. The molecule has 5 nitrogen and oxygen atoms in total. The molecular formula is C15H13N3O2. The Bertz CT molecular complexity index is 812. The summed E-state index contributed by atoms with van der Waals surface area (Å²) in [6.45, 7) is 2.00. The summed E-state index contributed by atoms with van der Waals surface area (Å²) in [5, 5.41) is 9.73. The third kappa shape index (κ3) is 2.09. The van der Waals surface area contributed by atoms with Gasteiger partial charge in [-0.2, -0.15) is 0 Å². The van der Waals surface area contributed by atoms with Gasteiger partial charge >= 0.3 is 5.97 Å². The van der Waals surface area contributed by atoms with E-state index in [2.05, 4.69) is 15.0 Å². The SMILES string of the molecule is Cc1[nH]c2ccccc2c1-c1cnc(/C=C/C(=O)O)[nH]1. The van der Waals surface area contributed by atoms with Crippen LogP contribution >= 0.6 is 0 Å². The predicted molar refractivity (Wildman–Crippen MR) is 77.3 cm³/mol. The first-order valence-corrected chi connectivity index (χ1v) is 6.19. The Morgan fingerprint density at radius 3 is 2.90 bits per heavy atom. The maximum atomic E-state index is 10.5. The van der Waals surface area contributed by atoms with E-state index in [9.17, 15) is 4.79 Å². The van der Waals surface area contributed by atoms with E-state index in [-0.39, 0.29) is 0 Å². The molecule has 1 aromatic carbocycles. The Labute approximate surface area is 115 Å². The number of imidazole rings is 1.